The van der Waals surface area contributed by atoms with Crippen molar-refractivity contribution in [2.45, 2.75) is 32.9 Å². The summed E-state index contributed by atoms with van der Waals surface area (Å²) in [6, 6.07) is 5.94. The van der Waals surface area contributed by atoms with Crippen molar-refractivity contribution in [3.63, 3.8) is 0 Å². The van der Waals surface area contributed by atoms with E-state index in [1.54, 1.807) is 10.9 Å². The molecule has 2 aromatic rings. The Balaban J connectivity index is 2.66. The summed E-state index contributed by atoms with van der Waals surface area (Å²) in [4.78, 5) is 4.33. The molecule has 18 heavy (non-hydrogen) atoms. The van der Waals surface area contributed by atoms with Crippen molar-refractivity contribution in [3.8, 4) is 0 Å². The predicted molar refractivity (Wildman–Crippen MR) is 75.6 cm³/mol. The van der Waals surface area contributed by atoms with Crippen LogP contribution in [0.1, 0.15) is 25.8 Å². The van der Waals surface area contributed by atoms with Gasteiger partial charge < -0.3 is 5.11 Å². The molecule has 1 atom stereocenters. The van der Waals surface area contributed by atoms with Crippen LogP contribution in [0.4, 0.5) is 0 Å². The number of hydrogen-bond acceptors (Lipinski definition) is 4. The van der Waals surface area contributed by atoms with E-state index in [0.717, 1.165) is 23.0 Å². The Hall–Kier alpha value is -1.46. The van der Waals surface area contributed by atoms with Crippen LogP contribution in [-0.2, 0) is 6.42 Å². The van der Waals surface area contributed by atoms with Crippen LogP contribution in [-0.4, -0.2) is 21.0 Å². The van der Waals surface area contributed by atoms with E-state index >= 15 is 0 Å². The van der Waals surface area contributed by atoms with Crippen LogP contribution in [0.5, 0.6) is 0 Å². The van der Waals surface area contributed by atoms with Crippen LogP contribution in [0.2, 0.25) is 0 Å². The molecule has 0 saturated carbocycles. The van der Waals surface area contributed by atoms with Gasteiger partial charge >= 0.3 is 0 Å². The SMILES string of the molecule is CCc1cc2cccnc2n(NC(O)CC)c1=S. The molecule has 0 aliphatic carbocycles. The zero-order chi connectivity index (χ0) is 13.1. The number of rotatable bonds is 4. The number of nitrogens with one attached hydrogen (secondary N) is 1. The summed E-state index contributed by atoms with van der Waals surface area (Å²) >= 11 is 5.43. The van der Waals surface area contributed by atoms with Gasteiger partial charge in [-0.25, -0.2) is 9.66 Å². The molecule has 96 valence electrons. The minimum Gasteiger partial charge on any atom is -0.372 e. The third-order valence-corrected chi connectivity index (χ3v) is 3.33. The monoisotopic (exact) mass is 263 g/mol. The van der Waals surface area contributed by atoms with Crippen LogP contribution in [0.15, 0.2) is 24.4 Å². The highest BCUT2D eigenvalue weighted by atomic mass is 32.1. The molecule has 0 saturated heterocycles. The smallest absolute Gasteiger partial charge is 0.159 e. The minimum atomic E-state index is -0.631. The Morgan fingerprint density at radius 1 is 1.50 bits per heavy atom. The first-order chi connectivity index (χ1) is 8.67. The Morgan fingerprint density at radius 2 is 2.28 bits per heavy atom. The average Bonchev–Trinajstić information content (AvgIpc) is 2.41. The molecular formula is C13H17N3OS. The van der Waals surface area contributed by atoms with Crippen molar-refractivity contribution in [1.29, 1.82) is 0 Å². The van der Waals surface area contributed by atoms with Crippen LogP contribution >= 0.6 is 12.2 Å². The van der Waals surface area contributed by atoms with Crippen molar-refractivity contribution in [2.24, 2.45) is 0 Å². The predicted octanol–water partition coefficient (Wildman–Crippen LogP) is 2.60. The maximum absolute atomic E-state index is 9.75. The van der Waals surface area contributed by atoms with Crippen LogP contribution in [0.25, 0.3) is 11.0 Å². The first kappa shape index (κ1) is 13.0. The van der Waals surface area contributed by atoms with E-state index in [1.165, 1.54) is 0 Å². The van der Waals surface area contributed by atoms with E-state index in [1.807, 2.05) is 19.1 Å². The van der Waals surface area contributed by atoms with E-state index in [4.69, 9.17) is 12.2 Å². The summed E-state index contributed by atoms with van der Waals surface area (Å²) in [6.45, 7) is 3.97. The van der Waals surface area contributed by atoms with Gasteiger partial charge in [0, 0.05) is 11.6 Å². The van der Waals surface area contributed by atoms with Gasteiger partial charge in [0.1, 0.15) is 10.9 Å². The molecule has 2 heterocycles. The van der Waals surface area contributed by atoms with Gasteiger partial charge in [-0.05, 0) is 36.6 Å². The first-order valence-electron chi connectivity index (χ1n) is 6.11. The van der Waals surface area contributed by atoms with Crippen LogP contribution < -0.4 is 5.43 Å². The molecule has 0 spiro atoms. The molecule has 0 bridgehead atoms. The normalized spacial score (nSPS) is 12.6. The van der Waals surface area contributed by atoms with E-state index in [9.17, 15) is 5.11 Å². The first-order valence-corrected chi connectivity index (χ1v) is 6.52. The summed E-state index contributed by atoms with van der Waals surface area (Å²) < 4.78 is 2.38. The number of aliphatic hydroxyl groups is 1. The number of nitrogens with zero attached hydrogens (tertiary/aromatic N) is 2. The van der Waals surface area contributed by atoms with Crippen molar-refractivity contribution in [1.82, 2.24) is 9.66 Å². The summed E-state index contributed by atoms with van der Waals surface area (Å²) in [5, 5.41) is 10.8. The number of aliphatic hydroxyl groups excluding tert-OH is 1. The number of pyridine rings is 2. The Kier molecular flexibility index (Phi) is 3.93. The lowest BCUT2D eigenvalue weighted by Crippen LogP contribution is -2.28. The van der Waals surface area contributed by atoms with Crippen LogP contribution in [0.3, 0.4) is 0 Å². The second-order valence-corrected chi connectivity index (χ2v) is 4.52. The minimum absolute atomic E-state index is 0.604. The second-order valence-electron chi connectivity index (χ2n) is 4.13. The average molecular weight is 263 g/mol. The molecule has 0 radical (unpaired) electrons. The highest BCUT2D eigenvalue weighted by Gasteiger charge is 2.08. The van der Waals surface area contributed by atoms with E-state index < -0.39 is 6.23 Å². The molecule has 0 fully saturated rings. The molecule has 1 unspecified atom stereocenters. The third-order valence-electron chi connectivity index (χ3n) is 2.88. The lowest BCUT2D eigenvalue weighted by molar-refractivity contribution is 0.184. The fourth-order valence-corrected chi connectivity index (χ4v) is 2.15. The molecule has 0 aromatic carbocycles. The Morgan fingerprint density at radius 3 is 2.94 bits per heavy atom. The standard InChI is InChI=1S/C13H17N3OS/c1-3-9-8-10-6-5-7-14-12(10)16(13(9)18)15-11(17)4-2/h5-8,11,15,17H,3-4H2,1-2H3. The Labute approximate surface area is 111 Å². The molecule has 2 aromatic heterocycles. The summed E-state index contributed by atoms with van der Waals surface area (Å²) in [5.41, 5.74) is 4.80. The van der Waals surface area contributed by atoms with Crippen LogP contribution in [0, 0.1) is 4.64 Å². The zero-order valence-electron chi connectivity index (χ0n) is 10.6. The van der Waals surface area contributed by atoms with Crippen molar-refractivity contribution >= 4 is 23.3 Å². The van der Waals surface area contributed by atoms with Gasteiger partial charge in [0.05, 0.1) is 0 Å². The van der Waals surface area contributed by atoms with Crippen molar-refractivity contribution < 1.29 is 5.11 Å². The molecule has 5 heteroatoms. The molecule has 0 amide bonds. The van der Waals surface area contributed by atoms with Crippen molar-refractivity contribution in [2.75, 3.05) is 5.43 Å². The van der Waals surface area contributed by atoms with E-state index in [0.29, 0.717) is 11.1 Å². The number of fused-ring (bicyclic) bond motifs is 1. The fraction of sp³-hybridized carbons (Fsp3) is 0.385. The molecule has 2 rings (SSSR count). The molecule has 2 N–H and O–H groups in total. The molecule has 0 aliphatic heterocycles. The van der Waals surface area contributed by atoms with Gasteiger partial charge in [-0.1, -0.05) is 26.1 Å². The topological polar surface area (TPSA) is 50.1 Å². The van der Waals surface area contributed by atoms with Gasteiger partial charge in [-0.15, -0.1) is 0 Å². The van der Waals surface area contributed by atoms with Gasteiger partial charge in [0.15, 0.2) is 5.65 Å². The maximum Gasteiger partial charge on any atom is 0.159 e. The highest BCUT2D eigenvalue weighted by Crippen LogP contribution is 2.16. The van der Waals surface area contributed by atoms with Gasteiger partial charge in [-0.2, -0.15) is 0 Å². The molecule has 4 nitrogen and oxygen atoms in total. The van der Waals surface area contributed by atoms with E-state index in [-0.39, 0.29) is 0 Å². The highest BCUT2D eigenvalue weighted by molar-refractivity contribution is 7.71. The van der Waals surface area contributed by atoms with E-state index in [2.05, 4.69) is 23.4 Å². The number of hydrogen-bond donors (Lipinski definition) is 2. The van der Waals surface area contributed by atoms with Gasteiger partial charge in [0.2, 0.25) is 0 Å². The summed E-state index contributed by atoms with van der Waals surface area (Å²) in [5.74, 6) is 0. The molecular weight excluding hydrogens is 246 g/mol. The number of aryl methyl sites for hydroxylation is 1. The number of aromatic nitrogens is 2. The molecule has 0 aliphatic rings. The Bertz CT molecular complexity index is 609. The largest absolute Gasteiger partial charge is 0.372 e. The summed E-state index contributed by atoms with van der Waals surface area (Å²) in [6.07, 6.45) is 2.55. The second kappa shape index (κ2) is 5.46. The quantitative estimate of drug-likeness (QED) is 0.657. The van der Waals surface area contributed by atoms with Gasteiger partial charge in [-0.3, -0.25) is 5.43 Å². The summed E-state index contributed by atoms with van der Waals surface area (Å²) in [7, 11) is 0. The third kappa shape index (κ3) is 2.37. The lowest BCUT2D eigenvalue weighted by Gasteiger charge is -2.18. The fourth-order valence-electron chi connectivity index (χ4n) is 1.81. The zero-order valence-corrected chi connectivity index (χ0v) is 11.4. The maximum atomic E-state index is 9.75. The van der Waals surface area contributed by atoms with Gasteiger partial charge in [0.25, 0.3) is 0 Å². The van der Waals surface area contributed by atoms with Crippen molar-refractivity contribution in [3.05, 3.63) is 34.6 Å². The lowest BCUT2D eigenvalue weighted by atomic mass is 10.2.